The zero-order chi connectivity index (χ0) is 13.0. The van der Waals surface area contributed by atoms with E-state index in [0.717, 1.165) is 5.46 Å². The third kappa shape index (κ3) is 1.64. The molecule has 1 fully saturated rings. The Morgan fingerprint density at radius 1 is 1.06 bits per heavy atom. The van der Waals surface area contributed by atoms with Crippen molar-refractivity contribution in [3.05, 3.63) is 18.7 Å². The molecule has 1 aliphatic rings. The van der Waals surface area contributed by atoms with Crippen LogP contribution in [0.3, 0.4) is 0 Å². The predicted molar refractivity (Wildman–Crippen MR) is 67.5 cm³/mol. The summed E-state index contributed by atoms with van der Waals surface area (Å²) < 4.78 is 17.0. The maximum absolute atomic E-state index is 5.95. The van der Waals surface area contributed by atoms with Gasteiger partial charge in [0.1, 0.15) is 5.52 Å². The largest absolute Gasteiger partial charge is 0.496 e. The quantitative estimate of drug-likeness (QED) is 0.714. The van der Waals surface area contributed by atoms with E-state index in [9.17, 15) is 0 Å². The van der Waals surface area contributed by atoms with Crippen LogP contribution in [0.25, 0.3) is 11.2 Å². The molecule has 0 aromatic carbocycles. The summed E-state index contributed by atoms with van der Waals surface area (Å²) in [6.45, 7) is 8.09. The number of nitrogens with zero attached hydrogens (tertiary/aromatic N) is 2. The molecule has 18 heavy (non-hydrogen) atoms. The fraction of sp³-hybridized carbons (Fsp3) is 0.500. The number of pyridine rings is 1. The van der Waals surface area contributed by atoms with Crippen molar-refractivity contribution < 1.29 is 13.7 Å². The van der Waals surface area contributed by atoms with Crippen LogP contribution in [0, 0.1) is 0 Å². The van der Waals surface area contributed by atoms with Gasteiger partial charge >= 0.3 is 7.12 Å². The average molecular weight is 246 g/mol. The van der Waals surface area contributed by atoms with Crippen molar-refractivity contribution in [3.8, 4) is 0 Å². The van der Waals surface area contributed by atoms with Gasteiger partial charge in [0.25, 0.3) is 0 Å². The summed E-state index contributed by atoms with van der Waals surface area (Å²) in [5, 5.41) is 0. The van der Waals surface area contributed by atoms with Gasteiger partial charge in [-0.15, -0.1) is 0 Å². The molecule has 3 heterocycles. The van der Waals surface area contributed by atoms with Crippen LogP contribution in [0.4, 0.5) is 0 Å². The molecular weight excluding hydrogens is 231 g/mol. The van der Waals surface area contributed by atoms with Crippen molar-refractivity contribution >= 4 is 23.8 Å². The molecule has 6 heteroatoms. The number of oxazole rings is 1. The maximum atomic E-state index is 5.95. The Hall–Kier alpha value is -1.40. The summed E-state index contributed by atoms with van der Waals surface area (Å²) >= 11 is 0. The number of hydrogen-bond donors (Lipinski definition) is 0. The first-order valence-electron chi connectivity index (χ1n) is 5.94. The summed E-state index contributed by atoms with van der Waals surface area (Å²) in [6, 6.07) is 1.88. The highest BCUT2D eigenvalue weighted by Crippen LogP contribution is 2.36. The fourth-order valence-corrected chi connectivity index (χ4v) is 1.88. The predicted octanol–water partition coefficient (Wildman–Crippen LogP) is 1.52. The maximum Gasteiger partial charge on any atom is 0.496 e. The van der Waals surface area contributed by atoms with E-state index >= 15 is 0 Å². The van der Waals surface area contributed by atoms with Crippen molar-refractivity contribution in [3.63, 3.8) is 0 Å². The van der Waals surface area contributed by atoms with Crippen LogP contribution in [-0.4, -0.2) is 28.3 Å². The molecule has 0 unspecified atom stereocenters. The van der Waals surface area contributed by atoms with Gasteiger partial charge in [-0.1, -0.05) is 0 Å². The summed E-state index contributed by atoms with van der Waals surface area (Å²) in [4.78, 5) is 8.28. The highest BCUT2D eigenvalue weighted by atomic mass is 16.7. The molecule has 0 bridgehead atoms. The van der Waals surface area contributed by atoms with E-state index in [1.165, 1.54) is 6.39 Å². The van der Waals surface area contributed by atoms with Gasteiger partial charge in [0.15, 0.2) is 6.39 Å². The third-order valence-corrected chi connectivity index (χ3v) is 3.73. The van der Waals surface area contributed by atoms with Crippen LogP contribution in [0.15, 0.2) is 23.1 Å². The molecule has 3 rings (SSSR count). The minimum atomic E-state index is -0.413. The molecule has 0 radical (unpaired) electrons. The molecule has 0 spiro atoms. The van der Waals surface area contributed by atoms with Crippen molar-refractivity contribution in [2.45, 2.75) is 38.9 Å². The zero-order valence-corrected chi connectivity index (χ0v) is 10.9. The van der Waals surface area contributed by atoms with Crippen LogP contribution in [-0.2, 0) is 9.31 Å². The van der Waals surface area contributed by atoms with E-state index < -0.39 is 7.12 Å². The molecule has 94 valence electrons. The Kier molecular flexibility index (Phi) is 2.31. The first kappa shape index (κ1) is 11.7. The lowest BCUT2D eigenvalue weighted by molar-refractivity contribution is 0.00578. The number of hydrogen-bond acceptors (Lipinski definition) is 5. The molecule has 1 saturated heterocycles. The summed E-state index contributed by atoms with van der Waals surface area (Å²) in [7, 11) is -0.413. The molecule has 2 aromatic rings. The van der Waals surface area contributed by atoms with E-state index in [0.29, 0.717) is 11.2 Å². The van der Waals surface area contributed by atoms with Gasteiger partial charge in [-0.2, -0.15) is 0 Å². The zero-order valence-electron chi connectivity index (χ0n) is 10.9. The minimum Gasteiger partial charge on any atom is -0.425 e. The standard InChI is InChI=1S/C12H15BN2O3/c1-11(2)12(3,4)18-13(17-11)8-5-9-10(14-6-8)16-7-15-9/h5-7H,1-4H3. The smallest absolute Gasteiger partial charge is 0.425 e. The van der Waals surface area contributed by atoms with E-state index in [-0.39, 0.29) is 11.2 Å². The monoisotopic (exact) mass is 246 g/mol. The molecule has 0 aliphatic carbocycles. The summed E-state index contributed by atoms with van der Waals surface area (Å²) in [5.41, 5.74) is 1.39. The third-order valence-electron chi connectivity index (χ3n) is 3.73. The van der Waals surface area contributed by atoms with Gasteiger partial charge in [0.2, 0.25) is 5.71 Å². The Labute approximate surface area is 106 Å². The van der Waals surface area contributed by atoms with Crippen molar-refractivity contribution in [1.82, 2.24) is 9.97 Å². The highest BCUT2D eigenvalue weighted by molar-refractivity contribution is 6.62. The van der Waals surface area contributed by atoms with Gasteiger partial charge < -0.3 is 13.7 Å². The lowest BCUT2D eigenvalue weighted by Gasteiger charge is -2.32. The molecule has 2 aromatic heterocycles. The van der Waals surface area contributed by atoms with Crippen LogP contribution >= 0.6 is 0 Å². The minimum absolute atomic E-state index is 0.351. The number of fused-ring (bicyclic) bond motifs is 1. The van der Waals surface area contributed by atoms with Gasteiger partial charge in [-0.3, -0.25) is 0 Å². The SMILES string of the molecule is CC1(C)OB(c2cnc3ocnc3c2)OC1(C)C. The van der Waals surface area contributed by atoms with Gasteiger partial charge in [-0.25, -0.2) is 9.97 Å². The van der Waals surface area contributed by atoms with Gasteiger partial charge in [0, 0.05) is 11.7 Å². The first-order valence-corrected chi connectivity index (χ1v) is 5.94. The molecule has 0 amide bonds. The van der Waals surface area contributed by atoms with Crippen LogP contribution in [0.5, 0.6) is 0 Å². The molecule has 1 aliphatic heterocycles. The van der Waals surface area contributed by atoms with E-state index in [1.54, 1.807) is 6.20 Å². The van der Waals surface area contributed by atoms with Gasteiger partial charge in [-0.05, 0) is 33.8 Å². The normalized spacial score (nSPS) is 21.7. The van der Waals surface area contributed by atoms with E-state index in [2.05, 4.69) is 9.97 Å². The Morgan fingerprint density at radius 2 is 1.72 bits per heavy atom. The van der Waals surface area contributed by atoms with Crippen LogP contribution < -0.4 is 5.46 Å². The lowest BCUT2D eigenvalue weighted by Crippen LogP contribution is -2.41. The summed E-state index contributed by atoms with van der Waals surface area (Å²) in [5.74, 6) is 0. The Morgan fingerprint density at radius 3 is 2.39 bits per heavy atom. The Bertz CT molecular complexity index is 578. The molecule has 0 N–H and O–H groups in total. The topological polar surface area (TPSA) is 57.4 Å². The van der Waals surface area contributed by atoms with Crippen LogP contribution in [0.1, 0.15) is 27.7 Å². The molecule has 0 atom stereocenters. The summed E-state index contributed by atoms with van der Waals surface area (Å²) in [6.07, 6.45) is 3.08. The Balaban J connectivity index is 1.96. The van der Waals surface area contributed by atoms with Gasteiger partial charge in [0.05, 0.1) is 11.2 Å². The number of aromatic nitrogens is 2. The lowest BCUT2D eigenvalue weighted by atomic mass is 9.80. The van der Waals surface area contributed by atoms with Crippen molar-refractivity contribution in [2.24, 2.45) is 0 Å². The highest BCUT2D eigenvalue weighted by Gasteiger charge is 2.51. The molecule has 5 nitrogen and oxygen atoms in total. The van der Waals surface area contributed by atoms with Crippen molar-refractivity contribution in [1.29, 1.82) is 0 Å². The van der Waals surface area contributed by atoms with E-state index in [1.807, 2.05) is 33.8 Å². The first-order chi connectivity index (χ1) is 8.39. The van der Waals surface area contributed by atoms with Crippen LogP contribution in [0.2, 0.25) is 0 Å². The average Bonchev–Trinajstić information content (AvgIpc) is 2.80. The second kappa shape index (κ2) is 3.55. The second-order valence-corrected chi connectivity index (χ2v) is 5.53. The number of rotatable bonds is 1. The molecular formula is C12H15BN2O3. The fourth-order valence-electron chi connectivity index (χ4n) is 1.88. The second-order valence-electron chi connectivity index (χ2n) is 5.53. The van der Waals surface area contributed by atoms with Crippen molar-refractivity contribution in [2.75, 3.05) is 0 Å². The van der Waals surface area contributed by atoms with E-state index in [4.69, 9.17) is 13.7 Å². The molecule has 0 saturated carbocycles.